The molecule has 7 nitrogen and oxygen atoms in total. The summed E-state index contributed by atoms with van der Waals surface area (Å²) in [6.45, 7) is 3.54. The third kappa shape index (κ3) is 4.59. The lowest BCUT2D eigenvalue weighted by Crippen LogP contribution is -2.50. The number of carbonyl (C=O) groups excluding carboxylic acids is 1. The molecular weight excluding hydrogens is 320 g/mol. The monoisotopic (exact) mass is 342 g/mol. The van der Waals surface area contributed by atoms with E-state index in [1.54, 1.807) is 24.3 Å². The molecular formula is C15H22N2O5S. The summed E-state index contributed by atoms with van der Waals surface area (Å²) in [5, 5.41) is 2.75. The quantitative estimate of drug-likeness (QED) is 0.740. The van der Waals surface area contributed by atoms with Crippen molar-refractivity contribution in [3.8, 4) is 5.75 Å². The van der Waals surface area contributed by atoms with Crippen LogP contribution in [0, 0.1) is 0 Å². The average Bonchev–Trinajstić information content (AvgIpc) is 2.52. The van der Waals surface area contributed by atoms with Crippen LogP contribution in [-0.4, -0.2) is 53.0 Å². The summed E-state index contributed by atoms with van der Waals surface area (Å²) in [5.74, 6) is 0.0586. The lowest BCUT2D eigenvalue weighted by atomic mass is 10.2. The second-order valence-corrected chi connectivity index (χ2v) is 7.12. The first-order chi connectivity index (χ1) is 10.9. The van der Waals surface area contributed by atoms with Gasteiger partial charge >= 0.3 is 0 Å². The molecule has 1 aromatic rings. The number of fused-ring (bicyclic) bond motifs is 1. The van der Waals surface area contributed by atoms with Crippen LogP contribution < -0.4 is 14.4 Å². The van der Waals surface area contributed by atoms with Gasteiger partial charge < -0.3 is 14.8 Å². The molecule has 8 heteroatoms. The minimum atomic E-state index is -3.48. The van der Waals surface area contributed by atoms with E-state index in [4.69, 9.17) is 9.47 Å². The molecule has 0 spiro atoms. The second-order valence-electron chi connectivity index (χ2n) is 5.21. The number of para-hydroxylation sites is 2. The minimum Gasteiger partial charge on any atom is -0.476 e. The Labute approximate surface area is 136 Å². The fraction of sp³-hybridized carbons (Fsp3) is 0.533. The number of amides is 1. The maximum atomic E-state index is 12.2. The fourth-order valence-corrected chi connectivity index (χ4v) is 3.21. The van der Waals surface area contributed by atoms with Crippen LogP contribution >= 0.6 is 0 Å². The number of hydrogen-bond acceptors (Lipinski definition) is 5. The zero-order chi connectivity index (χ0) is 16.9. The Bertz CT molecular complexity index is 647. The molecule has 0 unspecified atom stereocenters. The third-order valence-electron chi connectivity index (χ3n) is 3.40. The molecule has 0 aliphatic carbocycles. The van der Waals surface area contributed by atoms with Crippen LogP contribution in [0.4, 0.5) is 5.69 Å². The van der Waals surface area contributed by atoms with Crippen molar-refractivity contribution in [2.24, 2.45) is 0 Å². The van der Waals surface area contributed by atoms with Crippen molar-refractivity contribution in [3.63, 3.8) is 0 Å². The largest absolute Gasteiger partial charge is 0.476 e. The Kier molecular flexibility index (Phi) is 5.84. The highest BCUT2D eigenvalue weighted by molar-refractivity contribution is 7.92. The molecule has 128 valence electrons. The smallest absolute Gasteiger partial charge is 0.263 e. The Morgan fingerprint density at radius 1 is 1.43 bits per heavy atom. The summed E-state index contributed by atoms with van der Waals surface area (Å²) in [7, 11) is -3.48. The average molecular weight is 342 g/mol. The maximum Gasteiger partial charge on any atom is 0.263 e. The van der Waals surface area contributed by atoms with E-state index >= 15 is 0 Å². The van der Waals surface area contributed by atoms with Crippen molar-refractivity contribution in [2.45, 2.75) is 19.4 Å². The zero-order valence-corrected chi connectivity index (χ0v) is 14.1. The molecule has 1 atom stereocenters. The van der Waals surface area contributed by atoms with Crippen LogP contribution in [0.25, 0.3) is 0 Å². The van der Waals surface area contributed by atoms with Gasteiger partial charge in [-0.2, -0.15) is 0 Å². The molecule has 0 radical (unpaired) electrons. The minimum absolute atomic E-state index is 0.0346. The first kappa shape index (κ1) is 17.6. The molecule has 1 heterocycles. The number of nitrogens with zero attached hydrogens (tertiary/aromatic N) is 1. The van der Waals surface area contributed by atoms with Crippen molar-refractivity contribution in [2.75, 3.05) is 36.9 Å². The molecule has 0 fully saturated rings. The van der Waals surface area contributed by atoms with Crippen LogP contribution in [0.15, 0.2) is 24.3 Å². The highest BCUT2D eigenvalue weighted by atomic mass is 32.2. The number of nitrogens with one attached hydrogen (secondary N) is 1. The van der Waals surface area contributed by atoms with Gasteiger partial charge in [-0.05, 0) is 25.5 Å². The summed E-state index contributed by atoms with van der Waals surface area (Å²) in [6, 6.07) is 6.78. The zero-order valence-electron chi connectivity index (χ0n) is 13.3. The first-order valence-electron chi connectivity index (χ1n) is 7.52. The summed E-state index contributed by atoms with van der Waals surface area (Å²) < 4.78 is 36.0. The van der Waals surface area contributed by atoms with E-state index in [9.17, 15) is 13.2 Å². The van der Waals surface area contributed by atoms with E-state index < -0.39 is 16.1 Å². The Morgan fingerprint density at radius 2 is 2.17 bits per heavy atom. The number of ether oxygens (including phenoxy) is 2. The first-order valence-corrected chi connectivity index (χ1v) is 9.37. The number of hydrogen-bond donors (Lipinski definition) is 1. The van der Waals surface area contributed by atoms with E-state index in [0.29, 0.717) is 37.6 Å². The van der Waals surface area contributed by atoms with Crippen molar-refractivity contribution in [3.05, 3.63) is 24.3 Å². The van der Waals surface area contributed by atoms with Crippen molar-refractivity contribution in [1.29, 1.82) is 0 Å². The molecule has 0 bridgehead atoms. The molecule has 1 amide bonds. The van der Waals surface area contributed by atoms with E-state index in [-0.39, 0.29) is 12.5 Å². The van der Waals surface area contributed by atoms with E-state index in [2.05, 4.69) is 5.32 Å². The van der Waals surface area contributed by atoms with E-state index in [1.165, 1.54) is 4.31 Å². The van der Waals surface area contributed by atoms with Gasteiger partial charge in [-0.1, -0.05) is 12.1 Å². The topological polar surface area (TPSA) is 84.9 Å². The van der Waals surface area contributed by atoms with Gasteiger partial charge in [-0.25, -0.2) is 8.42 Å². The van der Waals surface area contributed by atoms with Gasteiger partial charge in [0, 0.05) is 19.8 Å². The van der Waals surface area contributed by atoms with Gasteiger partial charge in [-0.15, -0.1) is 0 Å². The summed E-state index contributed by atoms with van der Waals surface area (Å²) in [5.41, 5.74) is 0.454. The third-order valence-corrected chi connectivity index (χ3v) is 4.54. The summed E-state index contributed by atoms with van der Waals surface area (Å²) in [6.07, 6.45) is 0.942. The summed E-state index contributed by atoms with van der Waals surface area (Å²) in [4.78, 5) is 12.2. The number of carbonyl (C=O) groups is 1. The maximum absolute atomic E-state index is 12.2. The SMILES string of the molecule is CCOCCCNC(=O)[C@H]1CN(S(C)(=O)=O)c2ccccc2O1. The number of benzene rings is 1. The van der Waals surface area contributed by atoms with Crippen molar-refractivity contribution < 1.29 is 22.7 Å². The van der Waals surface area contributed by atoms with E-state index in [0.717, 1.165) is 6.26 Å². The van der Waals surface area contributed by atoms with Gasteiger partial charge in [0.1, 0.15) is 5.75 Å². The van der Waals surface area contributed by atoms with Crippen LogP contribution in [0.3, 0.4) is 0 Å². The van der Waals surface area contributed by atoms with Crippen LogP contribution in [0.2, 0.25) is 0 Å². The van der Waals surface area contributed by atoms with Crippen molar-refractivity contribution in [1.82, 2.24) is 5.32 Å². The summed E-state index contributed by atoms with van der Waals surface area (Å²) >= 11 is 0. The predicted octanol–water partition coefficient (Wildman–Crippen LogP) is 0.756. The van der Waals surface area contributed by atoms with Crippen molar-refractivity contribution >= 4 is 21.6 Å². The molecule has 0 aromatic heterocycles. The molecule has 0 saturated heterocycles. The van der Waals surface area contributed by atoms with Gasteiger partial charge in [-0.3, -0.25) is 9.10 Å². The van der Waals surface area contributed by atoms with Crippen LogP contribution in [0.5, 0.6) is 5.75 Å². The van der Waals surface area contributed by atoms with Gasteiger partial charge in [0.25, 0.3) is 5.91 Å². The second kappa shape index (κ2) is 7.65. The molecule has 1 aliphatic heterocycles. The standard InChI is InChI=1S/C15H22N2O5S/c1-3-21-10-6-9-16-15(18)14-11-17(23(2,19)20)12-7-4-5-8-13(12)22-14/h4-5,7-8,14H,3,6,9-11H2,1-2H3,(H,16,18)/t14-/m1/s1. The Hall–Kier alpha value is -1.80. The van der Waals surface area contributed by atoms with Crippen LogP contribution in [0.1, 0.15) is 13.3 Å². The molecule has 23 heavy (non-hydrogen) atoms. The Morgan fingerprint density at radius 3 is 2.87 bits per heavy atom. The molecule has 0 saturated carbocycles. The normalized spacial score (nSPS) is 17.3. The molecule has 1 N–H and O–H groups in total. The highest BCUT2D eigenvalue weighted by Gasteiger charge is 2.34. The number of rotatable bonds is 7. The predicted molar refractivity (Wildman–Crippen MR) is 87.2 cm³/mol. The Balaban J connectivity index is 2.04. The lowest BCUT2D eigenvalue weighted by molar-refractivity contribution is -0.127. The number of sulfonamides is 1. The molecule has 1 aliphatic rings. The van der Waals surface area contributed by atoms with Gasteiger partial charge in [0.2, 0.25) is 10.0 Å². The fourth-order valence-electron chi connectivity index (χ4n) is 2.30. The number of anilines is 1. The van der Waals surface area contributed by atoms with E-state index in [1.807, 2.05) is 6.92 Å². The van der Waals surface area contributed by atoms with Gasteiger partial charge in [0.15, 0.2) is 6.10 Å². The molecule has 2 rings (SSSR count). The highest BCUT2D eigenvalue weighted by Crippen LogP contribution is 2.34. The van der Waals surface area contributed by atoms with Crippen LogP contribution in [-0.2, 0) is 19.6 Å². The van der Waals surface area contributed by atoms with Gasteiger partial charge in [0.05, 0.1) is 18.5 Å². The molecule has 1 aromatic carbocycles. The lowest BCUT2D eigenvalue weighted by Gasteiger charge is -2.33.